The summed E-state index contributed by atoms with van der Waals surface area (Å²) in [6.45, 7) is 8.97. The Labute approximate surface area is 223 Å². The first-order valence-electron chi connectivity index (χ1n) is 12.9. The number of nitrogens with zero attached hydrogens (tertiary/aromatic N) is 2. The van der Waals surface area contributed by atoms with Gasteiger partial charge in [0.25, 0.3) is 11.7 Å². The Hall–Kier alpha value is -3.97. The standard InChI is InChI=1S/C31H33FN2O4/c1-4-33(5-2)17-18-34-28(23-9-13-25(32)14-10-23)27(30(36)31(34)37)29(35)24-11-15-26(16-12-24)38-20-22-8-6-7-21(3)19-22/h6-16,19,28,35H,4-5,17-18,20H2,1-3H3/b29-27+/t28-/m0/s1. The van der Waals surface area contributed by atoms with Gasteiger partial charge in [0.05, 0.1) is 11.6 Å². The fourth-order valence-electron chi connectivity index (χ4n) is 4.72. The molecule has 1 fully saturated rings. The van der Waals surface area contributed by atoms with E-state index >= 15 is 0 Å². The molecule has 6 nitrogen and oxygen atoms in total. The van der Waals surface area contributed by atoms with Crippen molar-refractivity contribution in [1.82, 2.24) is 9.80 Å². The van der Waals surface area contributed by atoms with Gasteiger partial charge in [-0.3, -0.25) is 9.59 Å². The molecule has 7 heteroatoms. The molecule has 0 radical (unpaired) electrons. The smallest absolute Gasteiger partial charge is 0.295 e. The number of aryl methyl sites for hydroxylation is 1. The molecule has 3 aromatic rings. The fourth-order valence-corrected chi connectivity index (χ4v) is 4.72. The molecule has 4 rings (SSSR count). The predicted molar refractivity (Wildman–Crippen MR) is 145 cm³/mol. The first kappa shape index (κ1) is 27.1. The average Bonchev–Trinajstić information content (AvgIpc) is 3.18. The molecule has 1 aliphatic rings. The van der Waals surface area contributed by atoms with E-state index in [9.17, 15) is 19.1 Å². The van der Waals surface area contributed by atoms with Gasteiger partial charge in [0.15, 0.2) is 0 Å². The van der Waals surface area contributed by atoms with Gasteiger partial charge in [0, 0.05) is 18.7 Å². The van der Waals surface area contributed by atoms with Gasteiger partial charge < -0.3 is 19.6 Å². The lowest BCUT2D eigenvalue weighted by atomic mass is 9.95. The average molecular weight is 517 g/mol. The molecule has 3 aromatic carbocycles. The first-order valence-corrected chi connectivity index (χ1v) is 12.9. The van der Waals surface area contributed by atoms with Gasteiger partial charge in [-0.25, -0.2) is 4.39 Å². The lowest BCUT2D eigenvalue weighted by molar-refractivity contribution is -0.140. The zero-order valence-corrected chi connectivity index (χ0v) is 22.0. The number of carbonyl (C=O) groups excluding carboxylic acids is 2. The fraction of sp³-hybridized carbons (Fsp3) is 0.290. The summed E-state index contributed by atoms with van der Waals surface area (Å²) < 4.78 is 19.6. The van der Waals surface area contributed by atoms with E-state index in [-0.39, 0.29) is 11.3 Å². The van der Waals surface area contributed by atoms with Crippen molar-refractivity contribution in [3.05, 3.63) is 106 Å². The van der Waals surface area contributed by atoms with Crippen LogP contribution in [0.1, 0.15) is 42.1 Å². The largest absolute Gasteiger partial charge is 0.507 e. The van der Waals surface area contributed by atoms with Crippen molar-refractivity contribution in [1.29, 1.82) is 0 Å². The molecule has 0 aromatic heterocycles. The van der Waals surface area contributed by atoms with E-state index in [1.165, 1.54) is 17.0 Å². The lowest BCUT2D eigenvalue weighted by Crippen LogP contribution is -2.38. The highest BCUT2D eigenvalue weighted by molar-refractivity contribution is 6.46. The van der Waals surface area contributed by atoms with E-state index in [0.717, 1.165) is 24.2 Å². The van der Waals surface area contributed by atoms with Gasteiger partial charge in [-0.15, -0.1) is 0 Å². The molecule has 0 bridgehead atoms. The second-order valence-corrected chi connectivity index (χ2v) is 9.37. The van der Waals surface area contributed by atoms with Crippen molar-refractivity contribution in [2.75, 3.05) is 26.2 Å². The van der Waals surface area contributed by atoms with E-state index < -0.39 is 23.5 Å². The van der Waals surface area contributed by atoms with Gasteiger partial charge in [0.1, 0.15) is 23.9 Å². The Kier molecular flexibility index (Phi) is 8.59. The Balaban J connectivity index is 1.63. The lowest BCUT2D eigenvalue weighted by Gasteiger charge is -2.28. The van der Waals surface area contributed by atoms with E-state index in [1.54, 1.807) is 36.4 Å². The van der Waals surface area contributed by atoms with E-state index in [1.807, 2.05) is 39.0 Å². The number of Topliss-reactive ketones (excluding diaryl/α,β-unsaturated/α-hetero) is 1. The van der Waals surface area contributed by atoms with Gasteiger partial charge in [-0.2, -0.15) is 0 Å². The maximum Gasteiger partial charge on any atom is 0.295 e. The summed E-state index contributed by atoms with van der Waals surface area (Å²) in [4.78, 5) is 29.9. The number of ketones is 1. The Morgan fingerprint density at radius 3 is 2.32 bits per heavy atom. The summed E-state index contributed by atoms with van der Waals surface area (Å²) in [6.07, 6.45) is 0. The first-order chi connectivity index (χ1) is 18.3. The van der Waals surface area contributed by atoms with Crippen LogP contribution in [-0.2, 0) is 16.2 Å². The molecule has 38 heavy (non-hydrogen) atoms. The molecule has 1 saturated heterocycles. The molecule has 0 aliphatic carbocycles. The molecule has 0 unspecified atom stereocenters. The highest BCUT2D eigenvalue weighted by Crippen LogP contribution is 2.39. The molecule has 1 N–H and O–H groups in total. The van der Waals surface area contributed by atoms with Crippen LogP contribution in [0.5, 0.6) is 5.75 Å². The number of rotatable bonds is 10. The molecular weight excluding hydrogens is 483 g/mol. The van der Waals surface area contributed by atoms with E-state index in [0.29, 0.717) is 36.6 Å². The van der Waals surface area contributed by atoms with Crippen LogP contribution < -0.4 is 4.74 Å². The zero-order valence-electron chi connectivity index (χ0n) is 22.0. The quantitative estimate of drug-likeness (QED) is 0.220. The molecule has 198 valence electrons. The number of likely N-dealkylation sites (N-methyl/N-ethyl adjacent to an activating group) is 1. The molecule has 0 spiro atoms. The van der Waals surface area contributed by atoms with Crippen molar-refractivity contribution in [2.45, 2.75) is 33.4 Å². The normalized spacial score (nSPS) is 16.9. The number of amides is 1. The maximum atomic E-state index is 13.7. The van der Waals surface area contributed by atoms with Crippen molar-refractivity contribution >= 4 is 17.4 Å². The molecule has 1 amide bonds. The number of hydrogen-bond donors (Lipinski definition) is 1. The molecule has 1 atom stereocenters. The minimum absolute atomic E-state index is 0.00501. The molecular formula is C31H33FN2O4. The monoisotopic (exact) mass is 516 g/mol. The van der Waals surface area contributed by atoms with E-state index in [4.69, 9.17) is 4.74 Å². The summed E-state index contributed by atoms with van der Waals surface area (Å²) in [7, 11) is 0. The minimum atomic E-state index is -0.816. The van der Waals surface area contributed by atoms with Gasteiger partial charge >= 0.3 is 0 Å². The molecule has 1 heterocycles. The third kappa shape index (κ3) is 5.94. The Morgan fingerprint density at radius 1 is 1.00 bits per heavy atom. The minimum Gasteiger partial charge on any atom is -0.507 e. The number of halogens is 1. The van der Waals surface area contributed by atoms with Gasteiger partial charge in [0.2, 0.25) is 0 Å². The number of aliphatic hydroxyl groups is 1. The highest BCUT2D eigenvalue weighted by atomic mass is 19.1. The van der Waals surface area contributed by atoms with Crippen LogP contribution in [0.15, 0.2) is 78.4 Å². The number of carbonyl (C=O) groups is 2. The Morgan fingerprint density at radius 2 is 1.68 bits per heavy atom. The van der Waals surface area contributed by atoms with Gasteiger partial charge in [-0.1, -0.05) is 55.8 Å². The number of aliphatic hydroxyl groups excluding tert-OH is 1. The number of hydrogen-bond acceptors (Lipinski definition) is 5. The van der Waals surface area contributed by atoms with Crippen LogP contribution in [0, 0.1) is 12.7 Å². The van der Waals surface area contributed by atoms with E-state index in [2.05, 4.69) is 11.0 Å². The van der Waals surface area contributed by atoms with Crippen molar-refractivity contribution in [3.8, 4) is 5.75 Å². The van der Waals surface area contributed by atoms with Crippen LogP contribution in [0.2, 0.25) is 0 Å². The van der Waals surface area contributed by atoms with Crippen LogP contribution in [-0.4, -0.2) is 52.8 Å². The second-order valence-electron chi connectivity index (χ2n) is 9.37. The SMILES string of the molecule is CCN(CC)CCN1C(=O)C(=O)/C(=C(/O)c2ccc(OCc3cccc(C)c3)cc2)[C@@H]1c1ccc(F)cc1. The zero-order chi connectivity index (χ0) is 27.2. The number of likely N-dealkylation sites (tertiary alicyclic amines) is 1. The third-order valence-corrected chi connectivity index (χ3v) is 6.89. The maximum absolute atomic E-state index is 13.7. The van der Waals surface area contributed by atoms with Crippen molar-refractivity contribution in [3.63, 3.8) is 0 Å². The van der Waals surface area contributed by atoms with Crippen molar-refractivity contribution in [2.24, 2.45) is 0 Å². The summed E-state index contributed by atoms with van der Waals surface area (Å²) in [5, 5.41) is 11.3. The summed E-state index contributed by atoms with van der Waals surface area (Å²) >= 11 is 0. The molecule has 1 aliphatic heterocycles. The predicted octanol–water partition coefficient (Wildman–Crippen LogP) is 5.48. The molecule has 0 saturated carbocycles. The van der Waals surface area contributed by atoms with Crippen LogP contribution in [0.4, 0.5) is 4.39 Å². The third-order valence-electron chi connectivity index (χ3n) is 6.89. The summed E-state index contributed by atoms with van der Waals surface area (Å²) in [5.41, 5.74) is 3.14. The van der Waals surface area contributed by atoms with Crippen molar-refractivity contribution < 1.29 is 23.8 Å². The topological polar surface area (TPSA) is 70.1 Å². The van der Waals surface area contributed by atoms with Crippen LogP contribution in [0.25, 0.3) is 5.76 Å². The summed E-state index contributed by atoms with van der Waals surface area (Å²) in [5.74, 6) is -1.51. The summed E-state index contributed by atoms with van der Waals surface area (Å²) in [6, 6.07) is 19.6. The Bertz CT molecular complexity index is 1310. The van der Waals surface area contributed by atoms with Crippen LogP contribution >= 0.6 is 0 Å². The second kappa shape index (κ2) is 12.0. The van der Waals surface area contributed by atoms with Gasteiger partial charge in [-0.05, 0) is 67.5 Å². The number of benzene rings is 3. The number of ether oxygens (including phenoxy) is 1. The van der Waals surface area contributed by atoms with Crippen LogP contribution in [0.3, 0.4) is 0 Å². The highest BCUT2D eigenvalue weighted by Gasteiger charge is 2.45.